The van der Waals surface area contributed by atoms with Crippen LogP contribution in [-0.4, -0.2) is 64.1 Å². The maximum absolute atomic E-state index is 13.8. The molecule has 0 saturated carbocycles. The highest BCUT2D eigenvalue weighted by molar-refractivity contribution is 6.34. The highest BCUT2D eigenvalue weighted by Gasteiger charge is 2.54. The minimum atomic E-state index is -1.69. The molecule has 2 fully saturated rings. The van der Waals surface area contributed by atoms with Crippen LogP contribution < -0.4 is 15.4 Å². The third kappa shape index (κ3) is 7.85. The maximum Gasteiger partial charge on any atom is 0.328 e. The Kier molecular flexibility index (Phi) is 11.5. The average molecular weight is 709 g/mol. The fraction of sp³-hybridized carbons (Fsp3) is 0.564. The van der Waals surface area contributed by atoms with Gasteiger partial charge in [0.1, 0.15) is 11.8 Å². The average Bonchev–Trinajstić information content (AvgIpc) is 3.64. The lowest BCUT2D eigenvalue weighted by molar-refractivity contribution is -0.143. The minimum absolute atomic E-state index is 0.0170. The molecule has 2 saturated heterocycles. The van der Waals surface area contributed by atoms with Gasteiger partial charge in [0, 0.05) is 23.2 Å². The number of nitrogens with one attached hydrogen (secondary N) is 2. The first-order valence-corrected chi connectivity index (χ1v) is 18.1. The molecule has 3 atom stereocenters. The molecule has 0 bridgehead atoms. The number of fused-ring (bicyclic) bond motifs is 1. The highest BCUT2D eigenvalue weighted by Crippen LogP contribution is 2.39. The van der Waals surface area contributed by atoms with Crippen molar-refractivity contribution in [2.75, 3.05) is 17.2 Å². The largest absolute Gasteiger partial charge is 0.480 e. The second-order valence-electron chi connectivity index (χ2n) is 15.7. The van der Waals surface area contributed by atoms with Crippen molar-refractivity contribution in [3.8, 4) is 5.75 Å². The summed E-state index contributed by atoms with van der Waals surface area (Å²) in [7, 11) is 0. The van der Waals surface area contributed by atoms with Crippen LogP contribution in [-0.2, 0) is 30.0 Å². The summed E-state index contributed by atoms with van der Waals surface area (Å²) >= 11 is 6.48. The topological polar surface area (TPSA) is 125 Å². The first kappa shape index (κ1) is 38.9. The molecule has 2 aromatic rings. The molecule has 2 aliphatic rings. The highest BCUT2D eigenvalue weighted by atomic mass is 35.5. The normalized spacial score (nSPS) is 17.8. The number of benzene rings is 2. The van der Waals surface area contributed by atoms with Crippen LogP contribution in [0.2, 0.25) is 5.02 Å². The zero-order valence-electron chi connectivity index (χ0n) is 31.2. The number of carbonyl (C=O) groups excluding carboxylic acids is 5. The number of amides is 5. The van der Waals surface area contributed by atoms with Crippen LogP contribution >= 0.6 is 11.6 Å². The van der Waals surface area contributed by atoms with Gasteiger partial charge in [0.25, 0.3) is 17.7 Å². The molecular formula is C39H53ClN4O6. The molecule has 5 amide bonds. The SMILES string of the molecule is CCC(Oc1ccc(C(C)(C)CC)cc1C(C)(C)CC)C(=O)Nc1ccc(Cl)c(NC(=O)C(C(=O)C(C)(C)C)N2C(=O)C3CCCN3C2=O)c1. The molecule has 11 heteroatoms. The van der Waals surface area contributed by atoms with Crippen LogP contribution in [0.1, 0.15) is 112 Å². The van der Waals surface area contributed by atoms with Gasteiger partial charge in [-0.1, -0.05) is 93.0 Å². The Morgan fingerprint density at radius 2 is 1.56 bits per heavy atom. The van der Waals surface area contributed by atoms with Crippen LogP contribution in [0.15, 0.2) is 36.4 Å². The van der Waals surface area contributed by atoms with Crippen molar-refractivity contribution in [2.45, 2.75) is 130 Å². The van der Waals surface area contributed by atoms with E-state index >= 15 is 0 Å². The van der Waals surface area contributed by atoms with Gasteiger partial charge in [-0.3, -0.25) is 19.2 Å². The molecule has 50 heavy (non-hydrogen) atoms. The second-order valence-corrected chi connectivity index (χ2v) is 16.1. The summed E-state index contributed by atoms with van der Waals surface area (Å²) in [6, 6.07) is 7.79. The number of carbonyl (C=O) groups is 5. The van der Waals surface area contributed by atoms with Crippen LogP contribution in [0.4, 0.5) is 16.2 Å². The van der Waals surface area contributed by atoms with Gasteiger partial charge >= 0.3 is 6.03 Å². The quantitative estimate of drug-likeness (QED) is 0.161. The fourth-order valence-corrected chi connectivity index (χ4v) is 6.39. The predicted octanol–water partition coefficient (Wildman–Crippen LogP) is 7.86. The molecule has 2 heterocycles. The van der Waals surface area contributed by atoms with E-state index in [1.807, 2.05) is 13.0 Å². The fourth-order valence-electron chi connectivity index (χ4n) is 6.22. The summed E-state index contributed by atoms with van der Waals surface area (Å²) in [5, 5.41) is 5.68. The number of anilines is 2. The van der Waals surface area contributed by atoms with Gasteiger partial charge in [0.05, 0.1) is 10.7 Å². The molecule has 2 N–H and O–H groups in total. The van der Waals surface area contributed by atoms with Crippen LogP contribution in [0.3, 0.4) is 0 Å². The summed E-state index contributed by atoms with van der Waals surface area (Å²) in [5.74, 6) is -1.75. The third-order valence-corrected chi connectivity index (χ3v) is 10.7. The van der Waals surface area contributed by atoms with E-state index in [9.17, 15) is 24.0 Å². The molecule has 3 unspecified atom stereocenters. The van der Waals surface area contributed by atoms with Crippen LogP contribution in [0.25, 0.3) is 0 Å². The molecule has 0 aromatic heterocycles. The van der Waals surface area contributed by atoms with E-state index in [0.29, 0.717) is 37.2 Å². The monoisotopic (exact) mass is 708 g/mol. The van der Waals surface area contributed by atoms with Crippen molar-refractivity contribution >= 4 is 52.5 Å². The smallest absolute Gasteiger partial charge is 0.328 e. The summed E-state index contributed by atoms with van der Waals surface area (Å²) < 4.78 is 6.42. The van der Waals surface area contributed by atoms with Crippen molar-refractivity contribution < 1.29 is 28.7 Å². The van der Waals surface area contributed by atoms with Gasteiger partial charge in [0.2, 0.25) is 0 Å². The maximum atomic E-state index is 13.8. The van der Waals surface area contributed by atoms with Gasteiger partial charge in [-0.15, -0.1) is 0 Å². The lowest BCUT2D eigenvalue weighted by Crippen LogP contribution is -2.55. The van der Waals surface area contributed by atoms with Gasteiger partial charge in [0.15, 0.2) is 17.9 Å². The number of ketones is 1. The van der Waals surface area contributed by atoms with Crippen LogP contribution in [0, 0.1) is 5.41 Å². The zero-order valence-corrected chi connectivity index (χ0v) is 31.9. The molecule has 0 radical (unpaired) electrons. The Balaban J connectivity index is 1.57. The number of ether oxygens (including phenoxy) is 1. The van der Waals surface area contributed by atoms with Crippen molar-refractivity contribution in [1.82, 2.24) is 9.80 Å². The standard InChI is InChI=1S/C39H53ClN4O6/c1-11-29(50-30-19-16-23(38(7,8)12-2)21-25(30)39(9,10)13-3)33(46)41-24-17-18-26(40)27(22-24)42-34(47)31(32(45)37(4,5)6)44-35(48)28-15-14-20-43(28)36(44)49/h16-19,21-22,28-29,31H,11-15,20H2,1-10H3,(H,41,46)(H,42,47). The van der Waals surface area contributed by atoms with Gasteiger partial charge in [-0.05, 0) is 72.8 Å². The van der Waals surface area contributed by atoms with E-state index < -0.39 is 47.2 Å². The van der Waals surface area contributed by atoms with Crippen molar-refractivity contribution in [3.05, 3.63) is 52.5 Å². The number of hydrogen-bond donors (Lipinski definition) is 2. The van der Waals surface area contributed by atoms with E-state index in [0.717, 1.165) is 23.3 Å². The number of nitrogens with zero attached hydrogens (tertiary/aromatic N) is 2. The lowest BCUT2D eigenvalue weighted by atomic mass is 9.76. The number of hydrogen-bond acceptors (Lipinski definition) is 6. The molecule has 0 spiro atoms. The van der Waals surface area contributed by atoms with E-state index in [1.54, 1.807) is 26.8 Å². The molecule has 2 aliphatic heterocycles. The van der Waals surface area contributed by atoms with Gasteiger partial charge in [-0.2, -0.15) is 0 Å². The molecule has 10 nitrogen and oxygen atoms in total. The molecule has 4 rings (SSSR count). The van der Waals surface area contributed by atoms with Crippen LogP contribution in [0.5, 0.6) is 5.75 Å². The second kappa shape index (κ2) is 14.7. The number of rotatable bonds is 13. The Morgan fingerprint density at radius 1 is 0.900 bits per heavy atom. The number of urea groups is 1. The lowest BCUT2D eigenvalue weighted by Gasteiger charge is -2.31. The van der Waals surface area contributed by atoms with Crippen molar-refractivity contribution in [3.63, 3.8) is 0 Å². The minimum Gasteiger partial charge on any atom is -0.480 e. The van der Waals surface area contributed by atoms with Gasteiger partial charge in [-0.25, -0.2) is 9.69 Å². The Hall–Kier alpha value is -3.92. The molecule has 2 aromatic carbocycles. The van der Waals surface area contributed by atoms with Crippen molar-refractivity contribution in [2.24, 2.45) is 5.41 Å². The van der Waals surface area contributed by atoms with E-state index in [1.165, 1.54) is 22.6 Å². The van der Waals surface area contributed by atoms with E-state index in [4.69, 9.17) is 16.3 Å². The number of imide groups is 1. The number of halogens is 1. The molecule has 0 aliphatic carbocycles. The van der Waals surface area contributed by atoms with Gasteiger partial charge < -0.3 is 20.3 Å². The molecular weight excluding hydrogens is 656 g/mol. The van der Waals surface area contributed by atoms with Crippen molar-refractivity contribution in [1.29, 1.82) is 0 Å². The summed E-state index contributed by atoms with van der Waals surface area (Å²) in [6.07, 6.45) is 2.58. The summed E-state index contributed by atoms with van der Waals surface area (Å²) in [6.45, 7) is 20.2. The zero-order chi connectivity index (χ0) is 37.3. The third-order valence-electron chi connectivity index (χ3n) is 10.4. The summed E-state index contributed by atoms with van der Waals surface area (Å²) in [5.41, 5.74) is 1.44. The van der Waals surface area contributed by atoms with E-state index in [2.05, 4.69) is 64.3 Å². The summed E-state index contributed by atoms with van der Waals surface area (Å²) in [4.78, 5) is 69.8. The Morgan fingerprint density at radius 3 is 2.14 bits per heavy atom. The Bertz CT molecular complexity index is 1640. The first-order valence-electron chi connectivity index (χ1n) is 17.7. The number of Topliss-reactive ketones (excluding diaryl/α,β-unsaturated/α-hetero) is 1. The molecule has 272 valence electrons. The first-order chi connectivity index (χ1) is 23.3. The van der Waals surface area contributed by atoms with E-state index in [-0.39, 0.29) is 27.4 Å². The predicted molar refractivity (Wildman–Crippen MR) is 197 cm³/mol. The Labute approximate surface area is 301 Å².